The molecule has 1 aromatic carbocycles. The lowest BCUT2D eigenvalue weighted by atomic mass is 10.1. The van der Waals surface area contributed by atoms with Crippen LogP contribution in [-0.2, 0) is 6.42 Å². The monoisotopic (exact) mass is 202 g/mol. The number of halogens is 2. The van der Waals surface area contributed by atoms with Crippen molar-refractivity contribution >= 4 is 23.2 Å². The Kier molecular flexibility index (Phi) is 2.03. The molecule has 1 aromatic rings. The molecule has 64 valence electrons. The second-order valence-corrected chi connectivity index (χ2v) is 3.77. The predicted octanol–water partition coefficient (Wildman–Crippen LogP) is 2.97. The Morgan fingerprint density at radius 3 is 2.83 bits per heavy atom. The third-order valence-electron chi connectivity index (χ3n) is 2.26. The lowest BCUT2D eigenvalue weighted by Crippen LogP contribution is -1.89. The maximum atomic E-state index is 9.49. The van der Waals surface area contributed by atoms with E-state index in [2.05, 4.69) is 0 Å². The standard InChI is InChI=1S/C9H8Cl2O/c10-7-3-1-5-6(9(7)11)2-4-8(5)12/h1,3,8,12H,2,4H2. The van der Waals surface area contributed by atoms with Gasteiger partial charge in [0.1, 0.15) is 0 Å². The average molecular weight is 203 g/mol. The maximum absolute atomic E-state index is 9.49. The molecule has 1 nitrogen and oxygen atoms in total. The molecule has 1 N–H and O–H groups in total. The highest BCUT2D eigenvalue weighted by molar-refractivity contribution is 6.42. The first-order chi connectivity index (χ1) is 5.70. The van der Waals surface area contributed by atoms with Crippen LogP contribution in [-0.4, -0.2) is 5.11 Å². The molecule has 0 saturated carbocycles. The van der Waals surface area contributed by atoms with Crippen LogP contribution in [0.1, 0.15) is 23.7 Å². The van der Waals surface area contributed by atoms with Crippen molar-refractivity contribution in [1.29, 1.82) is 0 Å². The average Bonchev–Trinajstić information content (AvgIpc) is 2.41. The Morgan fingerprint density at radius 1 is 1.33 bits per heavy atom. The molecule has 2 rings (SSSR count). The SMILES string of the molecule is OC1CCc2c1ccc(Cl)c2Cl. The molecule has 0 heterocycles. The molecule has 0 fully saturated rings. The third-order valence-corrected chi connectivity index (χ3v) is 3.10. The maximum Gasteiger partial charge on any atom is 0.0796 e. The van der Waals surface area contributed by atoms with Gasteiger partial charge in [-0.25, -0.2) is 0 Å². The summed E-state index contributed by atoms with van der Waals surface area (Å²) in [7, 11) is 0. The van der Waals surface area contributed by atoms with Gasteiger partial charge in [0.25, 0.3) is 0 Å². The number of benzene rings is 1. The Hall–Kier alpha value is -0.240. The summed E-state index contributed by atoms with van der Waals surface area (Å²) in [5.41, 5.74) is 1.95. The molecule has 0 bridgehead atoms. The summed E-state index contributed by atoms with van der Waals surface area (Å²) in [6.07, 6.45) is 1.24. The minimum absolute atomic E-state index is 0.352. The van der Waals surface area contributed by atoms with E-state index in [0.717, 1.165) is 24.0 Å². The Balaban J connectivity index is 2.60. The number of rotatable bonds is 0. The van der Waals surface area contributed by atoms with Crippen LogP contribution >= 0.6 is 23.2 Å². The minimum atomic E-state index is -0.352. The van der Waals surface area contributed by atoms with E-state index in [9.17, 15) is 5.11 Å². The molecule has 1 unspecified atom stereocenters. The molecular formula is C9H8Cl2O. The fraction of sp³-hybridized carbons (Fsp3) is 0.333. The van der Waals surface area contributed by atoms with E-state index in [-0.39, 0.29) is 6.10 Å². The smallest absolute Gasteiger partial charge is 0.0796 e. The summed E-state index contributed by atoms with van der Waals surface area (Å²) in [6, 6.07) is 3.58. The Labute approximate surface area is 80.9 Å². The van der Waals surface area contributed by atoms with Gasteiger partial charge in [0.2, 0.25) is 0 Å². The quantitative estimate of drug-likeness (QED) is 0.687. The molecule has 0 aliphatic heterocycles. The Bertz CT molecular complexity index is 323. The minimum Gasteiger partial charge on any atom is -0.388 e. The first-order valence-electron chi connectivity index (χ1n) is 3.85. The predicted molar refractivity (Wildman–Crippen MR) is 49.7 cm³/mol. The van der Waals surface area contributed by atoms with Crippen molar-refractivity contribution in [2.24, 2.45) is 0 Å². The van der Waals surface area contributed by atoms with E-state index in [4.69, 9.17) is 23.2 Å². The van der Waals surface area contributed by atoms with Crippen molar-refractivity contribution in [2.45, 2.75) is 18.9 Å². The molecule has 0 radical (unpaired) electrons. The molecule has 0 amide bonds. The van der Waals surface area contributed by atoms with Crippen molar-refractivity contribution in [2.75, 3.05) is 0 Å². The van der Waals surface area contributed by atoms with Gasteiger partial charge in [0.15, 0.2) is 0 Å². The summed E-state index contributed by atoms with van der Waals surface area (Å²) in [5, 5.41) is 10.7. The highest BCUT2D eigenvalue weighted by Gasteiger charge is 2.23. The number of fused-ring (bicyclic) bond motifs is 1. The number of aliphatic hydroxyl groups excluding tert-OH is 1. The van der Waals surface area contributed by atoms with E-state index < -0.39 is 0 Å². The van der Waals surface area contributed by atoms with Gasteiger partial charge < -0.3 is 5.11 Å². The van der Waals surface area contributed by atoms with Crippen LogP contribution in [0.4, 0.5) is 0 Å². The van der Waals surface area contributed by atoms with Crippen molar-refractivity contribution in [3.8, 4) is 0 Å². The fourth-order valence-electron chi connectivity index (χ4n) is 1.61. The highest BCUT2D eigenvalue weighted by atomic mass is 35.5. The zero-order chi connectivity index (χ0) is 8.72. The van der Waals surface area contributed by atoms with Crippen LogP contribution in [0.15, 0.2) is 12.1 Å². The van der Waals surface area contributed by atoms with Gasteiger partial charge in [-0.05, 0) is 30.0 Å². The largest absolute Gasteiger partial charge is 0.388 e. The van der Waals surface area contributed by atoms with Crippen LogP contribution in [0.25, 0.3) is 0 Å². The van der Waals surface area contributed by atoms with Gasteiger partial charge in [-0.1, -0.05) is 29.3 Å². The summed E-state index contributed by atoms with van der Waals surface area (Å²) in [4.78, 5) is 0. The van der Waals surface area contributed by atoms with Crippen molar-refractivity contribution in [3.63, 3.8) is 0 Å². The first-order valence-corrected chi connectivity index (χ1v) is 4.60. The molecule has 0 spiro atoms. The zero-order valence-corrected chi connectivity index (χ0v) is 7.86. The first kappa shape index (κ1) is 8.36. The van der Waals surface area contributed by atoms with E-state index in [1.807, 2.05) is 6.07 Å². The van der Waals surface area contributed by atoms with Crippen molar-refractivity contribution in [1.82, 2.24) is 0 Å². The second-order valence-electron chi connectivity index (χ2n) is 2.98. The van der Waals surface area contributed by atoms with Gasteiger partial charge in [-0.2, -0.15) is 0 Å². The number of hydrogen-bond acceptors (Lipinski definition) is 1. The molecular weight excluding hydrogens is 195 g/mol. The van der Waals surface area contributed by atoms with Crippen LogP contribution in [0, 0.1) is 0 Å². The van der Waals surface area contributed by atoms with E-state index in [1.165, 1.54) is 0 Å². The lowest BCUT2D eigenvalue weighted by Gasteiger charge is -2.05. The Morgan fingerprint density at radius 2 is 2.08 bits per heavy atom. The summed E-state index contributed by atoms with van der Waals surface area (Å²) in [5.74, 6) is 0. The fourth-order valence-corrected chi connectivity index (χ4v) is 2.05. The van der Waals surface area contributed by atoms with Gasteiger partial charge in [0.05, 0.1) is 16.1 Å². The van der Waals surface area contributed by atoms with Crippen LogP contribution in [0.5, 0.6) is 0 Å². The van der Waals surface area contributed by atoms with Gasteiger partial charge in [-0.15, -0.1) is 0 Å². The van der Waals surface area contributed by atoms with Crippen LogP contribution in [0.2, 0.25) is 10.0 Å². The zero-order valence-electron chi connectivity index (χ0n) is 6.35. The molecule has 3 heteroatoms. The molecule has 1 aliphatic carbocycles. The van der Waals surface area contributed by atoms with Gasteiger partial charge >= 0.3 is 0 Å². The third kappa shape index (κ3) is 1.13. The van der Waals surface area contributed by atoms with Gasteiger partial charge in [0, 0.05) is 0 Å². The summed E-state index contributed by atoms with van der Waals surface area (Å²) in [6.45, 7) is 0. The summed E-state index contributed by atoms with van der Waals surface area (Å²) < 4.78 is 0. The van der Waals surface area contributed by atoms with Gasteiger partial charge in [-0.3, -0.25) is 0 Å². The molecule has 0 aromatic heterocycles. The van der Waals surface area contributed by atoms with E-state index >= 15 is 0 Å². The van der Waals surface area contributed by atoms with E-state index in [0.29, 0.717) is 10.0 Å². The highest BCUT2D eigenvalue weighted by Crippen LogP contribution is 2.38. The van der Waals surface area contributed by atoms with Crippen molar-refractivity contribution < 1.29 is 5.11 Å². The van der Waals surface area contributed by atoms with Crippen LogP contribution < -0.4 is 0 Å². The van der Waals surface area contributed by atoms with Crippen LogP contribution in [0.3, 0.4) is 0 Å². The topological polar surface area (TPSA) is 20.2 Å². The molecule has 1 aliphatic rings. The summed E-state index contributed by atoms with van der Waals surface area (Å²) >= 11 is 11.8. The molecule has 1 atom stereocenters. The molecule has 0 saturated heterocycles. The number of aliphatic hydroxyl groups is 1. The van der Waals surface area contributed by atoms with E-state index in [1.54, 1.807) is 6.07 Å². The van der Waals surface area contributed by atoms with Crippen molar-refractivity contribution in [3.05, 3.63) is 33.3 Å². The molecule has 12 heavy (non-hydrogen) atoms. The normalized spacial score (nSPS) is 21.1. The lowest BCUT2D eigenvalue weighted by molar-refractivity contribution is 0.180. The second kappa shape index (κ2) is 2.91. The number of hydrogen-bond donors (Lipinski definition) is 1.